The molecule has 0 bridgehead atoms. The Morgan fingerprint density at radius 1 is 1.16 bits per heavy atom. The molecule has 1 aromatic carbocycles. The maximum Gasteiger partial charge on any atom is 0.224 e. The van der Waals surface area contributed by atoms with Gasteiger partial charge in [-0.1, -0.05) is 0 Å². The maximum absolute atomic E-state index is 14.1. The van der Waals surface area contributed by atoms with Gasteiger partial charge in [0.2, 0.25) is 5.91 Å². The van der Waals surface area contributed by atoms with Gasteiger partial charge in [0.05, 0.1) is 17.5 Å². The summed E-state index contributed by atoms with van der Waals surface area (Å²) in [6.45, 7) is 4.43. The van der Waals surface area contributed by atoms with E-state index in [1.807, 2.05) is 11.4 Å². The van der Waals surface area contributed by atoms with Crippen LogP contribution in [0, 0.1) is 25.5 Å². The fourth-order valence-electron chi connectivity index (χ4n) is 3.36. The van der Waals surface area contributed by atoms with Gasteiger partial charge in [-0.3, -0.25) is 4.79 Å². The lowest BCUT2D eigenvalue weighted by Crippen LogP contribution is -2.30. The van der Waals surface area contributed by atoms with Crippen molar-refractivity contribution in [2.45, 2.75) is 20.3 Å². The minimum Gasteiger partial charge on any atom is -0.368 e. The van der Waals surface area contributed by atoms with Crippen molar-refractivity contribution < 1.29 is 13.6 Å². The molecule has 0 spiro atoms. The maximum atomic E-state index is 14.1. The van der Waals surface area contributed by atoms with Crippen molar-refractivity contribution in [3.05, 3.63) is 64.6 Å². The molecule has 0 aliphatic heterocycles. The Morgan fingerprint density at radius 2 is 2.00 bits per heavy atom. The third-order valence-corrected chi connectivity index (χ3v) is 5.74. The van der Waals surface area contributed by atoms with Gasteiger partial charge in [-0.25, -0.2) is 23.4 Å². The number of amides is 1. The van der Waals surface area contributed by atoms with Crippen LogP contribution in [-0.2, 0) is 11.2 Å². The molecular formula is C21H20F2N6OS. The number of carbonyl (C=O) groups is 1. The van der Waals surface area contributed by atoms with Crippen LogP contribution in [0.2, 0.25) is 0 Å². The number of carbonyl (C=O) groups excluding carboxylic acids is 1. The molecule has 3 heterocycles. The van der Waals surface area contributed by atoms with Gasteiger partial charge in [-0.15, -0.1) is 11.3 Å². The van der Waals surface area contributed by atoms with Crippen LogP contribution in [0.1, 0.15) is 17.0 Å². The van der Waals surface area contributed by atoms with Crippen molar-refractivity contribution in [2.24, 2.45) is 0 Å². The Labute approximate surface area is 181 Å². The fraction of sp³-hybridized carbons (Fsp3) is 0.238. The summed E-state index contributed by atoms with van der Waals surface area (Å²) >= 11 is 1.54. The van der Waals surface area contributed by atoms with Crippen LogP contribution in [0.4, 0.5) is 14.6 Å². The summed E-state index contributed by atoms with van der Waals surface area (Å²) < 4.78 is 28.7. The first kappa shape index (κ1) is 20.9. The number of benzene rings is 1. The normalized spacial score (nSPS) is 11.1. The fourth-order valence-corrected chi connectivity index (χ4v) is 4.09. The zero-order valence-electron chi connectivity index (χ0n) is 16.9. The molecule has 2 N–H and O–H groups in total. The van der Waals surface area contributed by atoms with Gasteiger partial charge in [-0.2, -0.15) is 5.10 Å². The zero-order valence-corrected chi connectivity index (χ0v) is 17.8. The molecule has 10 heteroatoms. The van der Waals surface area contributed by atoms with Crippen molar-refractivity contribution >= 4 is 33.3 Å². The molecule has 0 aliphatic rings. The highest BCUT2D eigenvalue weighted by Crippen LogP contribution is 2.23. The van der Waals surface area contributed by atoms with E-state index in [4.69, 9.17) is 0 Å². The first-order valence-electron chi connectivity index (χ1n) is 9.63. The first-order valence-corrected chi connectivity index (χ1v) is 10.5. The monoisotopic (exact) mass is 442 g/mol. The minimum atomic E-state index is -0.711. The van der Waals surface area contributed by atoms with Gasteiger partial charge < -0.3 is 10.6 Å². The predicted octanol–water partition coefficient (Wildman–Crippen LogP) is 3.54. The Bertz CT molecular complexity index is 1250. The van der Waals surface area contributed by atoms with Crippen LogP contribution in [-0.4, -0.2) is 38.7 Å². The number of nitrogens with one attached hydrogen (secondary N) is 2. The third kappa shape index (κ3) is 4.38. The van der Waals surface area contributed by atoms with Gasteiger partial charge >= 0.3 is 0 Å². The number of hydrogen-bond acceptors (Lipinski definition) is 6. The second-order valence-corrected chi connectivity index (χ2v) is 7.87. The van der Waals surface area contributed by atoms with E-state index in [1.165, 1.54) is 23.1 Å². The van der Waals surface area contributed by atoms with Crippen molar-refractivity contribution in [1.82, 2.24) is 25.1 Å². The number of anilines is 1. The number of fused-ring (bicyclic) bond motifs is 1. The lowest BCUT2D eigenvalue weighted by Gasteiger charge is -2.09. The summed E-state index contributed by atoms with van der Waals surface area (Å²) in [5.74, 6) is -0.805. The van der Waals surface area contributed by atoms with E-state index in [1.54, 1.807) is 25.2 Å². The number of aryl methyl sites for hydroxylation is 1. The van der Waals surface area contributed by atoms with E-state index in [0.717, 1.165) is 22.1 Å². The van der Waals surface area contributed by atoms with E-state index >= 15 is 0 Å². The van der Waals surface area contributed by atoms with E-state index in [9.17, 15) is 13.6 Å². The van der Waals surface area contributed by atoms with E-state index in [0.29, 0.717) is 30.0 Å². The molecule has 0 radical (unpaired) electrons. The van der Waals surface area contributed by atoms with Crippen LogP contribution in [0.5, 0.6) is 0 Å². The van der Waals surface area contributed by atoms with E-state index in [-0.39, 0.29) is 18.0 Å². The second kappa shape index (κ2) is 8.76. The van der Waals surface area contributed by atoms with Crippen LogP contribution in [0.3, 0.4) is 0 Å². The molecule has 31 heavy (non-hydrogen) atoms. The summed E-state index contributed by atoms with van der Waals surface area (Å²) in [5.41, 5.74) is 2.11. The molecule has 4 rings (SSSR count). The molecule has 0 aliphatic carbocycles. The summed E-state index contributed by atoms with van der Waals surface area (Å²) in [6.07, 6.45) is 1.62. The third-order valence-electron chi connectivity index (χ3n) is 4.92. The number of thiophene rings is 1. The Kier molecular flexibility index (Phi) is 5.90. The Hall–Kier alpha value is -3.40. The standard InChI is InChI=1S/C21H20F2N6OS/c1-12-16(13(2)29(28-12)18-4-3-14(22)9-17(18)23)10-19(30)24-6-7-25-20-15-5-8-31-21(15)27-11-26-20/h3-5,8-9,11H,6-7,10H2,1-2H3,(H,24,30)(H,25,26,27). The van der Waals surface area contributed by atoms with Gasteiger partial charge in [-0.05, 0) is 37.4 Å². The van der Waals surface area contributed by atoms with Crippen molar-refractivity contribution in [3.8, 4) is 5.69 Å². The molecule has 3 aromatic heterocycles. The summed E-state index contributed by atoms with van der Waals surface area (Å²) in [7, 11) is 0. The molecule has 0 saturated heterocycles. The van der Waals surface area contributed by atoms with Crippen molar-refractivity contribution in [1.29, 1.82) is 0 Å². The van der Waals surface area contributed by atoms with Gasteiger partial charge in [0, 0.05) is 30.4 Å². The topological polar surface area (TPSA) is 84.7 Å². The van der Waals surface area contributed by atoms with Gasteiger partial charge in [0.15, 0.2) is 5.82 Å². The summed E-state index contributed by atoms with van der Waals surface area (Å²) in [5, 5.41) is 13.3. The highest BCUT2D eigenvalue weighted by Gasteiger charge is 2.18. The summed E-state index contributed by atoms with van der Waals surface area (Å²) in [4.78, 5) is 21.8. The average molecular weight is 442 g/mol. The molecule has 1 amide bonds. The highest BCUT2D eigenvalue weighted by atomic mass is 32.1. The van der Waals surface area contributed by atoms with Crippen LogP contribution >= 0.6 is 11.3 Å². The summed E-state index contributed by atoms with van der Waals surface area (Å²) in [6, 6.07) is 5.27. The average Bonchev–Trinajstić information content (AvgIpc) is 3.32. The van der Waals surface area contributed by atoms with E-state index < -0.39 is 11.6 Å². The van der Waals surface area contributed by atoms with Crippen LogP contribution in [0.15, 0.2) is 36.0 Å². The molecular weight excluding hydrogens is 422 g/mol. The Balaban J connectivity index is 1.36. The molecule has 7 nitrogen and oxygen atoms in total. The lowest BCUT2D eigenvalue weighted by molar-refractivity contribution is -0.120. The van der Waals surface area contributed by atoms with Crippen LogP contribution < -0.4 is 10.6 Å². The largest absolute Gasteiger partial charge is 0.368 e. The smallest absolute Gasteiger partial charge is 0.224 e. The minimum absolute atomic E-state index is 0.114. The SMILES string of the molecule is Cc1nn(-c2ccc(F)cc2F)c(C)c1CC(=O)NCCNc1ncnc2sccc12. The first-order chi connectivity index (χ1) is 14.9. The van der Waals surface area contributed by atoms with Gasteiger partial charge in [0.25, 0.3) is 0 Å². The predicted molar refractivity (Wildman–Crippen MR) is 116 cm³/mol. The molecule has 4 aromatic rings. The molecule has 0 atom stereocenters. The molecule has 0 unspecified atom stereocenters. The molecule has 0 fully saturated rings. The quantitative estimate of drug-likeness (QED) is 0.428. The second-order valence-electron chi connectivity index (χ2n) is 6.97. The van der Waals surface area contributed by atoms with Gasteiger partial charge in [0.1, 0.15) is 28.5 Å². The zero-order chi connectivity index (χ0) is 22.0. The number of nitrogens with zero attached hydrogens (tertiary/aromatic N) is 4. The molecule has 0 saturated carbocycles. The van der Waals surface area contributed by atoms with E-state index in [2.05, 4.69) is 25.7 Å². The number of halogens is 2. The number of hydrogen-bond donors (Lipinski definition) is 2. The lowest BCUT2D eigenvalue weighted by atomic mass is 10.1. The molecule has 160 valence electrons. The highest BCUT2D eigenvalue weighted by molar-refractivity contribution is 7.16. The van der Waals surface area contributed by atoms with Crippen molar-refractivity contribution in [2.75, 3.05) is 18.4 Å². The van der Waals surface area contributed by atoms with Crippen LogP contribution in [0.25, 0.3) is 15.9 Å². The number of rotatable bonds is 7. The number of aromatic nitrogens is 4. The van der Waals surface area contributed by atoms with Crippen molar-refractivity contribution in [3.63, 3.8) is 0 Å². The Morgan fingerprint density at radius 3 is 2.81 bits per heavy atom.